The smallest absolute Gasteiger partial charge is 0.340 e. The number of alkyl halides is 1. The summed E-state index contributed by atoms with van der Waals surface area (Å²) in [6.07, 6.45) is 4.23. The molecule has 0 aromatic carbocycles. The van der Waals surface area contributed by atoms with Crippen LogP contribution in [0.4, 0.5) is 4.39 Å². The molecule has 2 aliphatic rings. The lowest BCUT2D eigenvalue weighted by Gasteiger charge is -2.32. The van der Waals surface area contributed by atoms with E-state index in [4.69, 9.17) is 10.8 Å². The van der Waals surface area contributed by atoms with Crippen LogP contribution in [-0.2, 0) is 9.59 Å². The summed E-state index contributed by atoms with van der Waals surface area (Å²) in [7, 11) is 0. The molecule has 1 aliphatic carbocycles. The van der Waals surface area contributed by atoms with E-state index in [0.717, 1.165) is 25.7 Å². The molecular formula is C14H23FN2O3. The molecular weight excluding hydrogens is 263 g/mol. The van der Waals surface area contributed by atoms with Gasteiger partial charge >= 0.3 is 5.97 Å². The lowest BCUT2D eigenvalue weighted by Crippen LogP contribution is -2.52. The molecule has 3 atom stereocenters. The molecule has 3 N–H and O–H groups in total. The van der Waals surface area contributed by atoms with Gasteiger partial charge in [0.25, 0.3) is 0 Å². The molecule has 0 radical (unpaired) electrons. The Morgan fingerprint density at radius 2 is 1.80 bits per heavy atom. The van der Waals surface area contributed by atoms with Crippen LogP contribution < -0.4 is 5.73 Å². The van der Waals surface area contributed by atoms with Crippen LogP contribution in [0.15, 0.2) is 0 Å². The van der Waals surface area contributed by atoms with Crippen molar-refractivity contribution in [2.45, 2.75) is 63.2 Å². The van der Waals surface area contributed by atoms with Gasteiger partial charge in [0.1, 0.15) is 0 Å². The first-order valence-electron chi connectivity index (χ1n) is 7.45. The van der Waals surface area contributed by atoms with E-state index in [1.54, 1.807) is 0 Å². The number of likely N-dealkylation sites (tertiary alicyclic amines) is 1. The van der Waals surface area contributed by atoms with Crippen molar-refractivity contribution in [1.82, 2.24) is 4.90 Å². The highest BCUT2D eigenvalue weighted by Crippen LogP contribution is 2.29. The summed E-state index contributed by atoms with van der Waals surface area (Å²) in [5.41, 5.74) is 6.05. The number of amides is 1. The lowest BCUT2D eigenvalue weighted by atomic mass is 9.83. The predicted molar refractivity (Wildman–Crippen MR) is 71.8 cm³/mol. The Balaban J connectivity index is 2.01. The van der Waals surface area contributed by atoms with Crippen LogP contribution in [0.5, 0.6) is 0 Å². The van der Waals surface area contributed by atoms with Gasteiger partial charge in [-0.05, 0) is 31.6 Å². The van der Waals surface area contributed by atoms with Crippen molar-refractivity contribution in [3.8, 4) is 0 Å². The minimum atomic E-state index is -2.01. The number of rotatable bonds is 4. The van der Waals surface area contributed by atoms with Crippen molar-refractivity contribution in [2.75, 3.05) is 6.54 Å². The summed E-state index contributed by atoms with van der Waals surface area (Å²) in [5, 5.41) is 8.79. The van der Waals surface area contributed by atoms with Gasteiger partial charge in [-0.15, -0.1) is 0 Å². The molecule has 0 spiro atoms. The third kappa shape index (κ3) is 3.11. The first-order chi connectivity index (χ1) is 9.52. The highest BCUT2D eigenvalue weighted by atomic mass is 19.1. The Hall–Kier alpha value is -1.17. The number of carboxylic acids is 1. The van der Waals surface area contributed by atoms with E-state index in [2.05, 4.69) is 0 Å². The SMILES string of the molecule is N[C@H](C(=O)N1CCC[C@H]1C(F)C(=O)O)C1CCCCC1. The van der Waals surface area contributed by atoms with Crippen molar-refractivity contribution in [3.63, 3.8) is 0 Å². The fourth-order valence-electron chi connectivity index (χ4n) is 3.42. The van der Waals surface area contributed by atoms with Crippen LogP contribution in [0.2, 0.25) is 0 Å². The molecule has 0 bridgehead atoms. The van der Waals surface area contributed by atoms with Gasteiger partial charge in [-0.3, -0.25) is 4.79 Å². The van der Waals surface area contributed by atoms with Gasteiger partial charge in [0.05, 0.1) is 12.1 Å². The zero-order chi connectivity index (χ0) is 14.7. The van der Waals surface area contributed by atoms with Crippen LogP contribution in [0.3, 0.4) is 0 Å². The maximum absolute atomic E-state index is 13.7. The average molecular weight is 286 g/mol. The number of carbonyl (C=O) groups excluding carboxylic acids is 1. The molecule has 6 heteroatoms. The molecule has 1 aliphatic heterocycles. The largest absolute Gasteiger partial charge is 0.479 e. The van der Waals surface area contributed by atoms with Gasteiger partial charge in [0, 0.05) is 6.54 Å². The van der Waals surface area contributed by atoms with E-state index in [-0.39, 0.29) is 11.8 Å². The number of hydrogen-bond donors (Lipinski definition) is 2. The van der Waals surface area contributed by atoms with Gasteiger partial charge < -0.3 is 15.7 Å². The Morgan fingerprint density at radius 1 is 1.15 bits per heavy atom. The molecule has 114 valence electrons. The summed E-state index contributed by atoms with van der Waals surface area (Å²) in [5.74, 6) is -1.62. The zero-order valence-electron chi connectivity index (χ0n) is 11.6. The summed E-state index contributed by atoms with van der Waals surface area (Å²) in [4.78, 5) is 24.6. The van der Waals surface area contributed by atoms with Crippen molar-refractivity contribution < 1.29 is 19.1 Å². The van der Waals surface area contributed by atoms with Crippen molar-refractivity contribution in [1.29, 1.82) is 0 Å². The van der Waals surface area contributed by atoms with Crippen LogP contribution in [0, 0.1) is 5.92 Å². The Kier molecular flexibility index (Phi) is 4.96. The topological polar surface area (TPSA) is 83.6 Å². The summed E-state index contributed by atoms with van der Waals surface area (Å²) in [6.45, 7) is 0.414. The number of nitrogens with zero attached hydrogens (tertiary/aromatic N) is 1. The molecule has 0 aromatic rings. The van der Waals surface area contributed by atoms with E-state index in [0.29, 0.717) is 19.4 Å². The fourth-order valence-corrected chi connectivity index (χ4v) is 3.42. The van der Waals surface area contributed by atoms with Gasteiger partial charge in [-0.25, -0.2) is 9.18 Å². The Labute approximate surface area is 118 Å². The van der Waals surface area contributed by atoms with Crippen molar-refractivity contribution >= 4 is 11.9 Å². The lowest BCUT2D eigenvalue weighted by molar-refractivity contribution is -0.147. The number of carboxylic acid groups (broad SMARTS) is 1. The third-order valence-electron chi connectivity index (χ3n) is 4.60. The highest BCUT2D eigenvalue weighted by molar-refractivity contribution is 5.84. The molecule has 1 saturated carbocycles. The second-order valence-corrected chi connectivity index (χ2v) is 5.91. The maximum Gasteiger partial charge on any atom is 0.340 e. The minimum absolute atomic E-state index is 0.153. The summed E-state index contributed by atoms with van der Waals surface area (Å²) in [6, 6.07) is -1.47. The quantitative estimate of drug-likeness (QED) is 0.816. The molecule has 2 rings (SSSR count). The predicted octanol–water partition coefficient (Wildman–Crippen LogP) is 1.31. The highest BCUT2D eigenvalue weighted by Gasteiger charge is 2.41. The standard InChI is InChI=1S/C14H23FN2O3/c15-11(14(19)20)10-7-4-8-17(10)13(18)12(16)9-5-2-1-3-6-9/h9-12H,1-8,16H2,(H,19,20)/t10-,11?,12-/m0/s1. The van der Waals surface area contributed by atoms with Crippen LogP contribution in [-0.4, -0.2) is 46.7 Å². The van der Waals surface area contributed by atoms with E-state index < -0.39 is 24.2 Å². The molecule has 20 heavy (non-hydrogen) atoms. The van der Waals surface area contributed by atoms with Gasteiger partial charge in [0.15, 0.2) is 0 Å². The molecule has 5 nitrogen and oxygen atoms in total. The summed E-state index contributed by atoms with van der Waals surface area (Å²) >= 11 is 0. The number of aliphatic carboxylic acids is 1. The third-order valence-corrected chi connectivity index (χ3v) is 4.60. The van der Waals surface area contributed by atoms with Gasteiger partial charge in [-0.1, -0.05) is 19.3 Å². The van der Waals surface area contributed by atoms with E-state index in [1.807, 2.05) is 0 Å². The van der Waals surface area contributed by atoms with Crippen LogP contribution in [0.25, 0.3) is 0 Å². The van der Waals surface area contributed by atoms with Crippen LogP contribution >= 0.6 is 0 Å². The number of carbonyl (C=O) groups is 2. The zero-order valence-corrected chi connectivity index (χ0v) is 11.6. The van der Waals surface area contributed by atoms with E-state index >= 15 is 0 Å². The Morgan fingerprint density at radius 3 is 2.40 bits per heavy atom. The average Bonchev–Trinajstić information content (AvgIpc) is 2.94. The van der Waals surface area contributed by atoms with Gasteiger partial charge in [0.2, 0.25) is 12.1 Å². The molecule has 2 fully saturated rings. The second-order valence-electron chi connectivity index (χ2n) is 5.91. The fraction of sp³-hybridized carbons (Fsp3) is 0.857. The van der Waals surface area contributed by atoms with Crippen molar-refractivity contribution in [3.05, 3.63) is 0 Å². The van der Waals surface area contributed by atoms with E-state index in [9.17, 15) is 14.0 Å². The van der Waals surface area contributed by atoms with Gasteiger partial charge in [-0.2, -0.15) is 0 Å². The first-order valence-corrected chi connectivity index (χ1v) is 7.45. The molecule has 1 saturated heterocycles. The molecule has 1 unspecified atom stereocenters. The minimum Gasteiger partial charge on any atom is -0.479 e. The number of nitrogens with two attached hydrogens (primary N) is 1. The maximum atomic E-state index is 13.7. The summed E-state index contributed by atoms with van der Waals surface area (Å²) < 4.78 is 13.7. The number of halogens is 1. The van der Waals surface area contributed by atoms with E-state index in [1.165, 1.54) is 11.3 Å². The molecule has 1 amide bonds. The normalized spacial score (nSPS) is 27.3. The molecule has 1 heterocycles. The first kappa shape index (κ1) is 15.2. The van der Waals surface area contributed by atoms with Crippen molar-refractivity contribution in [2.24, 2.45) is 11.7 Å². The van der Waals surface area contributed by atoms with Crippen LogP contribution in [0.1, 0.15) is 44.9 Å². The molecule has 0 aromatic heterocycles. The monoisotopic (exact) mass is 286 g/mol. The number of hydrogen-bond acceptors (Lipinski definition) is 3. The second kappa shape index (κ2) is 6.52. The Bertz CT molecular complexity index is 371.